The lowest BCUT2D eigenvalue weighted by molar-refractivity contribution is 0.660. The summed E-state index contributed by atoms with van der Waals surface area (Å²) in [5.41, 5.74) is 11.2. The Morgan fingerprint density at radius 3 is 1.82 bits per heavy atom. The zero-order chi connectivity index (χ0) is 33.4. The van der Waals surface area contributed by atoms with Crippen molar-refractivity contribution in [3.8, 4) is 22.3 Å². The minimum absolute atomic E-state index is 0.118. The van der Waals surface area contributed by atoms with Gasteiger partial charge in [-0.2, -0.15) is 0 Å². The fraction of sp³-hybridized carbons (Fsp3) is 0.0612. The van der Waals surface area contributed by atoms with Gasteiger partial charge in [0.25, 0.3) is 0 Å². The van der Waals surface area contributed by atoms with Gasteiger partial charge in [-0.25, -0.2) is 0 Å². The van der Waals surface area contributed by atoms with E-state index in [0.717, 1.165) is 5.69 Å². The second-order valence-corrected chi connectivity index (χ2v) is 14.1. The van der Waals surface area contributed by atoms with Gasteiger partial charge in [-0.1, -0.05) is 166 Å². The first-order valence-electron chi connectivity index (χ1n) is 17.5. The van der Waals surface area contributed by atoms with Crippen molar-refractivity contribution < 1.29 is 0 Å². The zero-order valence-electron chi connectivity index (χ0n) is 28.2. The van der Waals surface area contributed by atoms with Crippen LogP contribution in [-0.4, -0.2) is 0 Å². The SMILES string of the molecule is CC1(C)c2ccccc2-c2c(N(c3ccccc3-c3ccc4ccccc4c3)c3cc4c5ccccc5ccc4c4ccccc34)cccc21. The van der Waals surface area contributed by atoms with Gasteiger partial charge < -0.3 is 4.90 Å². The lowest BCUT2D eigenvalue weighted by atomic mass is 9.82. The number of hydrogen-bond acceptors (Lipinski definition) is 1. The van der Waals surface area contributed by atoms with Gasteiger partial charge in [0.2, 0.25) is 0 Å². The summed E-state index contributed by atoms with van der Waals surface area (Å²) in [4.78, 5) is 2.56. The van der Waals surface area contributed by atoms with Crippen LogP contribution in [0, 0.1) is 0 Å². The largest absolute Gasteiger partial charge is 0.309 e. The first kappa shape index (κ1) is 28.8. The van der Waals surface area contributed by atoms with Crippen molar-refractivity contribution in [1.29, 1.82) is 0 Å². The molecule has 0 unspecified atom stereocenters. The molecule has 1 aliphatic carbocycles. The molecule has 0 amide bonds. The molecule has 0 fully saturated rings. The Bertz CT molecular complexity index is 2800. The number of para-hydroxylation sites is 1. The van der Waals surface area contributed by atoms with Gasteiger partial charge in [-0.3, -0.25) is 0 Å². The Labute approximate surface area is 292 Å². The summed E-state index contributed by atoms with van der Waals surface area (Å²) < 4.78 is 0. The molecule has 0 saturated carbocycles. The molecule has 1 aliphatic rings. The molecule has 0 aliphatic heterocycles. The highest BCUT2D eigenvalue weighted by atomic mass is 15.1. The topological polar surface area (TPSA) is 3.24 Å². The average molecular weight is 638 g/mol. The Morgan fingerprint density at radius 2 is 0.960 bits per heavy atom. The summed E-state index contributed by atoms with van der Waals surface area (Å²) in [5.74, 6) is 0. The first-order chi connectivity index (χ1) is 24.6. The highest BCUT2D eigenvalue weighted by molar-refractivity contribution is 6.22. The van der Waals surface area contributed by atoms with Crippen LogP contribution in [0.1, 0.15) is 25.0 Å². The number of fused-ring (bicyclic) bond motifs is 9. The van der Waals surface area contributed by atoms with Gasteiger partial charge in [0, 0.05) is 21.9 Å². The van der Waals surface area contributed by atoms with Crippen LogP contribution in [0.4, 0.5) is 17.1 Å². The fourth-order valence-corrected chi connectivity index (χ4v) is 8.61. The third-order valence-electron chi connectivity index (χ3n) is 11.0. The molecular weight excluding hydrogens is 603 g/mol. The Balaban J connectivity index is 1.35. The van der Waals surface area contributed by atoms with E-state index in [1.54, 1.807) is 0 Å². The van der Waals surface area contributed by atoms with Crippen molar-refractivity contribution in [3.05, 3.63) is 187 Å². The van der Waals surface area contributed by atoms with Crippen molar-refractivity contribution in [2.24, 2.45) is 0 Å². The van der Waals surface area contributed by atoms with Crippen LogP contribution in [0.2, 0.25) is 0 Å². The van der Waals surface area contributed by atoms with Gasteiger partial charge in [-0.15, -0.1) is 0 Å². The van der Waals surface area contributed by atoms with Crippen molar-refractivity contribution >= 4 is 60.2 Å². The predicted molar refractivity (Wildman–Crippen MR) is 214 cm³/mol. The minimum Gasteiger partial charge on any atom is -0.309 e. The maximum Gasteiger partial charge on any atom is 0.0547 e. The molecule has 50 heavy (non-hydrogen) atoms. The minimum atomic E-state index is -0.118. The molecule has 0 radical (unpaired) electrons. The predicted octanol–water partition coefficient (Wildman–Crippen LogP) is 13.7. The standard InChI is InChI=1S/C49H35N/c1-49(2)43-22-11-9-21-41(43)48-44(49)23-13-25-46(48)50(45-24-12-10-18-37(45)35-27-26-32-14-3-4-16-34(32)30-35)47-31-42-36-17-6-5-15-33(36)28-29-39(42)38-19-7-8-20-40(38)47/h3-31H,1-2H3. The molecule has 1 nitrogen and oxygen atoms in total. The highest BCUT2D eigenvalue weighted by Crippen LogP contribution is 2.56. The quantitative estimate of drug-likeness (QED) is 0.174. The summed E-state index contributed by atoms with van der Waals surface area (Å²) in [6, 6.07) is 65.1. The third-order valence-corrected chi connectivity index (χ3v) is 11.0. The molecule has 9 aromatic carbocycles. The highest BCUT2D eigenvalue weighted by Gasteiger charge is 2.38. The Kier molecular flexibility index (Phi) is 6.29. The molecule has 10 rings (SSSR count). The van der Waals surface area contributed by atoms with Crippen LogP contribution in [0.5, 0.6) is 0 Å². The normalized spacial score (nSPS) is 13.2. The van der Waals surface area contributed by atoms with Gasteiger partial charge in [0.15, 0.2) is 0 Å². The Hall–Kier alpha value is -6.18. The zero-order valence-corrected chi connectivity index (χ0v) is 28.2. The number of nitrogens with zero attached hydrogens (tertiary/aromatic N) is 1. The van der Waals surface area contributed by atoms with E-state index in [2.05, 4.69) is 195 Å². The van der Waals surface area contributed by atoms with Crippen LogP contribution < -0.4 is 4.90 Å². The number of benzene rings is 9. The summed E-state index contributed by atoms with van der Waals surface area (Å²) in [7, 11) is 0. The van der Waals surface area contributed by atoms with E-state index in [9.17, 15) is 0 Å². The van der Waals surface area contributed by atoms with Gasteiger partial charge >= 0.3 is 0 Å². The maximum absolute atomic E-state index is 2.56. The molecule has 0 atom stereocenters. The second kappa shape index (κ2) is 10.9. The summed E-state index contributed by atoms with van der Waals surface area (Å²) in [6.07, 6.45) is 0. The van der Waals surface area contributed by atoms with Gasteiger partial charge in [0.1, 0.15) is 0 Å². The van der Waals surface area contributed by atoms with E-state index in [1.807, 2.05) is 0 Å². The monoisotopic (exact) mass is 637 g/mol. The van der Waals surface area contributed by atoms with E-state index in [-0.39, 0.29) is 5.41 Å². The molecule has 0 N–H and O–H groups in total. The molecule has 0 spiro atoms. The average Bonchev–Trinajstić information content (AvgIpc) is 3.41. The lowest BCUT2D eigenvalue weighted by Crippen LogP contribution is -2.16. The van der Waals surface area contributed by atoms with E-state index >= 15 is 0 Å². The molecule has 0 aromatic heterocycles. The molecule has 0 bridgehead atoms. The summed E-state index contributed by atoms with van der Waals surface area (Å²) in [5, 5.41) is 10.0. The molecule has 0 heterocycles. The lowest BCUT2D eigenvalue weighted by Gasteiger charge is -2.32. The molecular formula is C49H35N. The first-order valence-corrected chi connectivity index (χ1v) is 17.5. The smallest absolute Gasteiger partial charge is 0.0547 e. The van der Waals surface area contributed by atoms with Crippen molar-refractivity contribution in [2.45, 2.75) is 19.3 Å². The summed E-state index contributed by atoms with van der Waals surface area (Å²) in [6.45, 7) is 4.73. The van der Waals surface area contributed by atoms with E-state index in [1.165, 1.54) is 87.8 Å². The van der Waals surface area contributed by atoms with Gasteiger partial charge in [0.05, 0.1) is 17.1 Å². The van der Waals surface area contributed by atoms with E-state index in [0.29, 0.717) is 0 Å². The van der Waals surface area contributed by atoms with Crippen molar-refractivity contribution in [1.82, 2.24) is 0 Å². The van der Waals surface area contributed by atoms with Crippen LogP contribution in [-0.2, 0) is 5.41 Å². The van der Waals surface area contributed by atoms with Crippen LogP contribution in [0.15, 0.2) is 176 Å². The second-order valence-electron chi connectivity index (χ2n) is 14.1. The molecule has 9 aromatic rings. The van der Waals surface area contributed by atoms with Crippen LogP contribution >= 0.6 is 0 Å². The van der Waals surface area contributed by atoms with Gasteiger partial charge in [-0.05, 0) is 84.2 Å². The fourth-order valence-electron chi connectivity index (χ4n) is 8.61. The van der Waals surface area contributed by atoms with E-state index in [4.69, 9.17) is 0 Å². The van der Waals surface area contributed by atoms with Crippen LogP contribution in [0.25, 0.3) is 65.3 Å². The molecule has 1 heteroatoms. The summed E-state index contributed by atoms with van der Waals surface area (Å²) >= 11 is 0. The van der Waals surface area contributed by atoms with Crippen LogP contribution in [0.3, 0.4) is 0 Å². The maximum atomic E-state index is 2.56. The Morgan fingerprint density at radius 1 is 0.360 bits per heavy atom. The van der Waals surface area contributed by atoms with Crippen molar-refractivity contribution in [2.75, 3.05) is 4.90 Å². The van der Waals surface area contributed by atoms with E-state index < -0.39 is 0 Å². The number of anilines is 3. The third kappa shape index (κ3) is 4.20. The number of hydrogen-bond donors (Lipinski definition) is 0. The van der Waals surface area contributed by atoms with Crippen molar-refractivity contribution in [3.63, 3.8) is 0 Å². The number of rotatable bonds is 4. The molecule has 0 saturated heterocycles. The molecule has 236 valence electrons.